The Morgan fingerprint density at radius 3 is 2.50 bits per heavy atom. The number of amides is 3. The minimum atomic E-state index is -3.85. The number of anilines is 1. The molecule has 1 saturated heterocycles. The van der Waals surface area contributed by atoms with Crippen LogP contribution in [0.4, 0.5) is 10.6 Å². The van der Waals surface area contributed by atoms with Gasteiger partial charge in [-0.3, -0.25) is 14.3 Å². The molecule has 50 heavy (non-hydrogen) atoms. The van der Waals surface area contributed by atoms with Gasteiger partial charge >= 0.3 is 6.09 Å². The van der Waals surface area contributed by atoms with E-state index in [9.17, 15) is 22.8 Å². The number of hydrogen-bond donors (Lipinski definition) is 2. The summed E-state index contributed by atoms with van der Waals surface area (Å²) in [6.45, 7) is 2.17. The number of benzene rings is 2. The highest BCUT2D eigenvalue weighted by molar-refractivity contribution is 7.92. The third kappa shape index (κ3) is 7.84. The van der Waals surface area contributed by atoms with E-state index in [2.05, 4.69) is 15.0 Å². The van der Waals surface area contributed by atoms with Crippen LogP contribution >= 0.6 is 0 Å². The van der Waals surface area contributed by atoms with E-state index in [1.54, 1.807) is 7.05 Å². The molecule has 0 bridgehead atoms. The van der Waals surface area contributed by atoms with Gasteiger partial charge in [-0.25, -0.2) is 18.1 Å². The Balaban J connectivity index is 1.14. The molecule has 2 atom stereocenters. The van der Waals surface area contributed by atoms with Crippen molar-refractivity contribution >= 4 is 44.8 Å². The van der Waals surface area contributed by atoms with Crippen molar-refractivity contribution in [1.82, 2.24) is 15.2 Å². The molecule has 2 aromatic carbocycles. The summed E-state index contributed by atoms with van der Waals surface area (Å²) in [6, 6.07) is 18.6. The average Bonchev–Trinajstić information content (AvgIpc) is 3.79. The fourth-order valence-electron chi connectivity index (χ4n) is 6.41. The predicted molar refractivity (Wildman–Crippen MR) is 188 cm³/mol. The van der Waals surface area contributed by atoms with Crippen molar-refractivity contribution in [3.63, 3.8) is 0 Å². The topological polar surface area (TPSA) is 157 Å². The third-order valence-corrected chi connectivity index (χ3v) is 10.5. The second kappa shape index (κ2) is 15.0. The minimum Gasteiger partial charge on any atom is -0.447 e. The van der Waals surface area contributed by atoms with Crippen molar-refractivity contribution in [2.45, 2.75) is 57.4 Å². The number of pyridine rings is 1. The van der Waals surface area contributed by atoms with Gasteiger partial charge in [0.2, 0.25) is 21.6 Å². The van der Waals surface area contributed by atoms with Crippen LogP contribution < -0.4 is 10.0 Å². The van der Waals surface area contributed by atoms with Crippen LogP contribution in [0.2, 0.25) is 0 Å². The van der Waals surface area contributed by atoms with Crippen molar-refractivity contribution < 1.29 is 36.7 Å². The molecule has 2 aromatic heterocycles. The number of carbonyl (C=O) groups is 3. The fraction of sp³-hybridized carbons (Fsp3) is 0.405. The number of nitrogens with one attached hydrogen (secondary N) is 2. The van der Waals surface area contributed by atoms with Crippen LogP contribution in [-0.2, 0) is 30.7 Å². The van der Waals surface area contributed by atoms with Gasteiger partial charge in [-0.2, -0.15) is 4.98 Å². The molecule has 1 aliphatic heterocycles. The normalized spacial score (nSPS) is 16.7. The second-order valence-electron chi connectivity index (χ2n) is 13.0. The molecule has 1 aliphatic carbocycles. The van der Waals surface area contributed by atoms with Crippen molar-refractivity contribution in [3.05, 3.63) is 82.9 Å². The van der Waals surface area contributed by atoms with Crippen LogP contribution in [-0.4, -0.2) is 75.4 Å². The first-order valence-corrected chi connectivity index (χ1v) is 18.5. The number of aromatic nitrogens is 1. The number of rotatable bonds is 15. The van der Waals surface area contributed by atoms with E-state index in [1.807, 2.05) is 67.6 Å². The molecule has 0 radical (unpaired) electrons. The number of ether oxygens (including phenoxy) is 2. The molecule has 1 saturated carbocycles. The molecule has 0 spiro atoms. The SMILES string of the molecule is CNC(=O)c1c(-c2ccc(C)cc2)oc2nc(NS(=O)(=O)CCCC[C@H](COC)C(=O)N3C(=O)OC[C@@H]3Cc3ccccc3)c(C3CC3)cc12. The molecule has 4 aromatic rings. The van der Waals surface area contributed by atoms with Crippen LogP contribution in [0.15, 0.2) is 65.1 Å². The lowest BCUT2D eigenvalue weighted by molar-refractivity contribution is -0.135. The van der Waals surface area contributed by atoms with Gasteiger partial charge in [0, 0.05) is 19.7 Å². The zero-order chi connectivity index (χ0) is 35.4. The average molecular weight is 703 g/mol. The zero-order valence-electron chi connectivity index (χ0n) is 28.4. The number of aryl methyl sites for hydroxylation is 1. The Hall–Kier alpha value is -4.75. The van der Waals surface area contributed by atoms with E-state index in [-0.39, 0.29) is 54.7 Å². The van der Waals surface area contributed by atoms with E-state index < -0.39 is 28.1 Å². The van der Waals surface area contributed by atoms with Crippen molar-refractivity contribution in [1.29, 1.82) is 0 Å². The van der Waals surface area contributed by atoms with Crippen LogP contribution in [0.1, 0.15) is 65.1 Å². The molecule has 3 amide bonds. The summed E-state index contributed by atoms with van der Waals surface area (Å²) in [5.41, 5.74) is 3.98. The highest BCUT2D eigenvalue weighted by Crippen LogP contribution is 2.45. The van der Waals surface area contributed by atoms with Crippen molar-refractivity contribution in [3.8, 4) is 11.3 Å². The molecule has 264 valence electrons. The Labute approximate surface area is 291 Å². The number of sulfonamides is 1. The standard InChI is InChI=1S/C37H42N4O8S/c1-23-12-14-26(15-13-23)32-31(34(42)38-2)30-20-29(25-16-17-25)33(39-35(30)49-32)40-50(45,46)18-8-7-11-27(21-47-3)36(43)41-28(22-48-37(41)44)19-24-9-5-4-6-10-24/h4-6,9-10,12-15,20,25,27-28H,7-8,11,16-19,21-22H2,1-3H3,(H,38,42)(H,39,40)/t27-,28+/m1/s1. The first-order valence-electron chi connectivity index (χ1n) is 16.9. The fourth-order valence-corrected chi connectivity index (χ4v) is 7.55. The van der Waals surface area contributed by atoms with Gasteiger partial charge in [0.05, 0.1) is 35.3 Å². The number of cyclic esters (lactones) is 1. The van der Waals surface area contributed by atoms with Crippen LogP contribution in [0, 0.1) is 12.8 Å². The summed E-state index contributed by atoms with van der Waals surface area (Å²) < 4.78 is 46.1. The smallest absolute Gasteiger partial charge is 0.416 e. The van der Waals surface area contributed by atoms with Crippen LogP contribution in [0.5, 0.6) is 0 Å². The number of furan rings is 1. The van der Waals surface area contributed by atoms with Gasteiger partial charge in [0.25, 0.3) is 5.91 Å². The molecule has 2 fully saturated rings. The van der Waals surface area contributed by atoms with Gasteiger partial charge in [-0.05, 0) is 62.1 Å². The van der Waals surface area contributed by atoms with E-state index in [0.717, 1.165) is 29.5 Å². The predicted octanol–water partition coefficient (Wildman–Crippen LogP) is 5.80. The summed E-state index contributed by atoms with van der Waals surface area (Å²) in [4.78, 5) is 45.0. The molecule has 2 aliphatic rings. The number of hydrogen-bond acceptors (Lipinski definition) is 9. The van der Waals surface area contributed by atoms with Gasteiger partial charge in [-0.15, -0.1) is 0 Å². The maximum absolute atomic E-state index is 13.6. The minimum absolute atomic E-state index is 0.0894. The zero-order valence-corrected chi connectivity index (χ0v) is 29.3. The lowest BCUT2D eigenvalue weighted by Gasteiger charge is -2.24. The van der Waals surface area contributed by atoms with Crippen LogP contribution in [0.25, 0.3) is 22.4 Å². The summed E-state index contributed by atoms with van der Waals surface area (Å²) >= 11 is 0. The molecular formula is C37H42N4O8S. The van der Waals surface area contributed by atoms with E-state index in [1.165, 1.54) is 12.0 Å². The lowest BCUT2D eigenvalue weighted by atomic mass is 9.99. The number of nitrogens with zero attached hydrogens (tertiary/aromatic N) is 2. The Bertz CT molecular complexity index is 1970. The quantitative estimate of drug-likeness (QED) is 0.146. The first kappa shape index (κ1) is 35.1. The largest absolute Gasteiger partial charge is 0.447 e. The Morgan fingerprint density at radius 1 is 1.08 bits per heavy atom. The number of fused-ring (bicyclic) bond motifs is 1. The molecule has 13 heteroatoms. The Kier molecular flexibility index (Phi) is 10.5. The second-order valence-corrected chi connectivity index (χ2v) is 14.8. The van der Waals surface area contributed by atoms with E-state index in [4.69, 9.17) is 13.9 Å². The van der Waals surface area contributed by atoms with Gasteiger partial charge in [0.1, 0.15) is 18.2 Å². The summed E-state index contributed by atoms with van der Waals surface area (Å²) in [5, 5.41) is 3.21. The van der Waals surface area contributed by atoms with Gasteiger partial charge < -0.3 is 19.2 Å². The molecule has 0 unspecified atom stereocenters. The molecule has 2 N–H and O–H groups in total. The first-order chi connectivity index (χ1) is 24.1. The van der Waals surface area contributed by atoms with Crippen LogP contribution in [0.3, 0.4) is 0 Å². The number of imide groups is 1. The molecular weight excluding hydrogens is 660 g/mol. The van der Waals surface area contributed by atoms with E-state index in [0.29, 0.717) is 41.5 Å². The highest BCUT2D eigenvalue weighted by Gasteiger charge is 2.40. The van der Waals surface area contributed by atoms with Crippen molar-refractivity contribution in [2.75, 3.05) is 37.8 Å². The maximum Gasteiger partial charge on any atom is 0.416 e. The van der Waals surface area contributed by atoms with Crippen molar-refractivity contribution in [2.24, 2.45) is 5.92 Å². The number of methoxy groups -OCH3 is 1. The van der Waals surface area contributed by atoms with Gasteiger partial charge in [-0.1, -0.05) is 66.6 Å². The highest BCUT2D eigenvalue weighted by atomic mass is 32.2. The van der Waals surface area contributed by atoms with Gasteiger partial charge in [0.15, 0.2) is 0 Å². The molecule has 6 rings (SSSR count). The lowest BCUT2D eigenvalue weighted by Crippen LogP contribution is -2.44. The monoisotopic (exact) mass is 702 g/mol. The Morgan fingerprint density at radius 2 is 1.82 bits per heavy atom. The number of carbonyl (C=O) groups excluding carboxylic acids is 3. The third-order valence-electron chi connectivity index (χ3n) is 9.19. The van der Waals surface area contributed by atoms with E-state index >= 15 is 0 Å². The summed E-state index contributed by atoms with van der Waals surface area (Å²) in [7, 11) is -0.809. The number of unbranched alkanes of at least 4 members (excludes halogenated alkanes) is 1. The molecule has 3 heterocycles. The summed E-state index contributed by atoms with van der Waals surface area (Å²) in [6.07, 6.45) is 2.56. The maximum atomic E-state index is 13.6. The molecule has 12 nitrogen and oxygen atoms in total. The summed E-state index contributed by atoms with van der Waals surface area (Å²) in [5.74, 6) is -0.884.